The molecule has 0 saturated heterocycles. The number of aromatic nitrogens is 2. The summed E-state index contributed by atoms with van der Waals surface area (Å²) in [4.78, 5) is 24.3. The SMILES string of the molecule is Cc1ccccc1NC(=O)c1ccc(=O)n(-c2ccccc2)n1. The van der Waals surface area contributed by atoms with Gasteiger partial charge in [0.05, 0.1) is 5.69 Å². The van der Waals surface area contributed by atoms with Crippen LogP contribution in [0.25, 0.3) is 5.69 Å². The number of hydrogen-bond acceptors (Lipinski definition) is 3. The lowest BCUT2D eigenvalue weighted by molar-refractivity contribution is 0.102. The molecule has 5 nitrogen and oxygen atoms in total. The molecule has 1 heterocycles. The number of carbonyl (C=O) groups excluding carboxylic acids is 1. The Hall–Kier alpha value is -3.21. The summed E-state index contributed by atoms with van der Waals surface area (Å²) >= 11 is 0. The van der Waals surface area contributed by atoms with Crippen molar-refractivity contribution >= 4 is 11.6 Å². The van der Waals surface area contributed by atoms with Crippen molar-refractivity contribution in [1.82, 2.24) is 9.78 Å². The molecule has 0 aliphatic carbocycles. The fourth-order valence-corrected chi connectivity index (χ4v) is 2.19. The molecule has 23 heavy (non-hydrogen) atoms. The first-order valence-corrected chi connectivity index (χ1v) is 7.18. The molecule has 1 N–H and O–H groups in total. The van der Waals surface area contributed by atoms with Crippen LogP contribution in [0.4, 0.5) is 5.69 Å². The van der Waals surface area contributed by atoms with Gasteiger partial charge in [-0.05, 0) is 36.8 Å². The number of anilines is 1. The molecule has 5 heteroatoms. The van der Waals surface area contributed by atoms with Crippen LogP contribution in [-0.2, 0) is 0 Å². The van der Waals surface area contributed by atoms with Gasteiger partial charge in [-0.2, -0.15) is 9.78 Å². The molecular weight excluding hydrogens is 290 g/mol. The predicted molar refractivity (Wildman–Crippen MR) is 89.0 cm³/mol. The van der Waals surface area contributed by atoms with Gasteiger partial charge < -0.3 is 5.32 Å². The van der Waals surface area contributed by atoms with Gasteiger partial charge in [0.15, 0.2) is 0 Å². The number of hydrogen-bond donors (Lipinski definition) is 1. The minimum atomic E-state index is -0.357. The highest BCUT2D eigenvalue weighted by Crippen LogP contribution is 2.14. The Morgan fingerprint density at radius 3 is 2.39 bits per heavy atom. The predicted octanol–water partition coefficient (Wildman–Crippen LogP) is 2.79. The molecule has 1 amide bonds. The van der Waals surface area contributed by atoms with Gasteiger partial charge in [-0.15, -0.1) is 0 Å². The Labute approximate surface area is 133 Å². The molecule has 3 rings (SSSR count). The van der Waals surface area contributed by atoms with E-state index < -0.39 is 0 Å². The normalized spacial score (nSPS) is 10.3. The minimum absolute atomic E-state index is 0.178. The zero-order valence-electron chi connectivity index (χ0n) is 12.6. The Morgan fingerprint density at radius 2 is 1.65 bits per heavy atom. The summed E-state index contributed by atoms with van der Waals surface area (Å²) in [7, 11) is 0. The summed E-state index contributed by atoms with van der Waals surface area (Å²) in [5, 5.41) is 6.97. The van der Waals surface area contributed by atoms with Crippen molar-refractivity contribution in [2.45, 2.75) is 6.92 Å². The molecule has 0 unspecified atom stereocenters. The summed E-state index contributed by atoms with van der Waals surface area (Å²) in [6.07, 6.45) is 0. The third-order valence-electron chi connectivity index (χ3n) is 3.43. The maximum absolute atomic E-state index is 12.4. The van der Waals surface area contributed by atoms with Crippen LogP contribution in [0.5, 0.6) is 0 Å². The van der Waals surface area contributed by atoms with Crippen molar-refractivity contribution in [2.75, 3.05) is 5.32 Å². The summed E-state index contributed by atoms with van der Waals surface area (Å²) in [5.41, 5.74) is 2.18. The molecule has 0 radical (unpaired) electrons. The molecule has 0 saturated carbocycles. The molecule has 3 aromatic rings. The maximum atomic E-state index is 12.4. The van der Waals surface area contributed by atoms with Gasteiger partial charge in [0.2, 0.25) is 0 Å². The molecule has 1 aromatic heterocycles. The number of rotatable bonds is 3. The first kappa shape index (κ1) is 14.7. The molecule has 0 spiro atoms. The van der Waals surface area contributed by atoms with Gasteiger partial charge in [0.25, 0.3) is 11.5 Å². The summed E-state index contributed by atoms with van der Waals surface area (Å²) < 4.78 is 1.22. The Kier molecular flexibility index (Phi) is 4.01. The van der Waals surface area contributed by atoms with Gasteiger partial charge in [0.1, 0.15) is 5.69 Å². The van der Waals surface area contributed by atoms with Crippen molar-refractivity contribution < 1.29 is 4.79 Å². The summed E-state index contributed by atoms with van der Waals surface area (Å²) in [5.74, 6) is -0.357. The summed E-state index contributed by atoms with van der Waals surface area (Å²) in [6, 6.07) is 19.2. The highest BCUT2D eigenvalue weighted by molar-refractivity contribution is 6.03. The van der Waals surface area contributed by atoms with Gasteiger partial charge in [-0.25, -0.2) is 0 Å². The molecule has 114 valence electrons. The minimum Gasteiger partial charge on any atom is -0.320 e. The van der Waals surface area contributed by atoms with E-state index in [0.29, 0.717) is 5.69 Å². The third-order valence-corrected chi connectivity index (χ3v) is 3.43. The molecule has 0 fully saturated rings. The zero-order chi connectivity index (χ0) is 16.2. The fourth-order valence-electron chi connectivity index (χ4n) is 2.19. The molecule has 2 aromatic carbocycles. The average molecular weight is 305 g/mol. The molecule has 0 aliphatic rings. The Bertz CT molecular complexity index is 901. The second-order valence-electron chi connectivity index (χ2n) is 5.07. The van der Waals surface area contributed by atoms with Crippen molar-refractivity contribution in [2.24, 2.45) is 0 Å². The van der Waals surface area contributed by atoms with Crippen molar-refractivity contribution in [1.29, 1.82) is 0 Å². The van der Waals surface area contributed by atoms with E-state index in [4.69, 9.17) is 0 Å². The van der Waals surface area contributed by atoms with Crippen LogP contribution in [0.2, 0.25) is 0 Å². The van der Waals surface area contributed by atoms with Crippen LogP contribution in [0, 0.1) is 6.92 Å². The standard InChI is InChI=1S/C18H15N3O2/c1-13-7-5-6-10-15(13)19-18(23)16-11-12-17(22)21(20-16)14-8-3-2-4-9-14/h2-12H,1H3,(H,19,23). The Balaban J connectivity index is 1.93. The van der Waals surface area contributed by atoms with E-state index in [9.17, 15) is 9.59 Å². The monoisotopic (exact) mass is 305 g/mol. The topological polar surface area (TPSA) is 64.0 Å². The maximum Gasteiger partial charge on any atom is 0.276 e. The van der Waals surface area contributed by atoms with Crippen molar-refractivity contribution in [3.05, 3.63) is 88.3 Å². The number of aryl methyl sites for hydroxylation is 1. The first-order chi connectivity index (χ1) is 11.1. The first-order valence-electron chi connectivity index (χ1n) is 7.18. The van der Waals surface area contributed by atoms with Crippen LogP contribution in [-0.4, -0.2) is 15.7 Å². The molecule has 0 bridgehead atoms. The second kappa shape index (κ2) is 6.27. The highest BCUT2D eigenvalue weighted by atomic mass is 16.2. The molecule has 0 aliphatic heterocycles. The zero-order valence-corrected chi connectivity index (χ0v) is 12.6. The van der Waals surface area contributed by atoms with E-state index in [1.165, 1.54) is 16.8 Å². The molecular formula is C18H15N3O2. The number of nitrogens with zero attached hydrogens (tertiary/aromatic N) is 2. The van der Waals surface area contributed by atoms with E-state index >= 15 is 0 Å². The highest BCUT2D eigenvalue weighted by Gasteiger charge is 2.11. The van der Waals surface area contributed by atoms with Crippen LogP contribution in [0.15, 0.2) is 71.5 Å². The van der Waals surface area contributed by atoms with E-state index in [-0.39, 0.29) is 17.2 Å². The fraction of sp³-hybridized carbons (Fsp3) is 0.0556. The van der Waals surface area contributed by atoms with Crippen molar-refractivity contribution in [3.63, 3.8) is 0 Å². The number of nitrogens with one attached hydrogen (secondary N) is 1. The van der Waals surface area contributed by atoms with E-state index in [1.54, 1.807) is 12.1 Å². The lowest BCUT2D eigenvalue weighted by Gasteiger charge is -2.09. The van der Waals surface area contributed by atoms with Crippen molar-refractivity contribution in [3.8, 4) is 5.69 Å². The van der Waals surface area contributed by atoms with Crippen LogP contribution < -0.4 is 10.9 Å². The van der Waals surface area contributed by atoms with Gasteiger partial charge >= 0.3 is 0 Å². The molecule has 0 atom stereocenters. The van der Waals surface area contributed by atoms with E-state index in [0.717, 1.165) is 11.3 Å². The number of amides is 1. The van der Waals surface area contributed by atoms with Gasteiger partial charge in [0, 0.05) is 11.8 Å². The second-order valence-corrected chi connectivity index (χ2v) is 5.07. The number of benzene rings is 2. The van der Waals surface area contributed by atoms with Crippen LogP contribution in [0.1, 0.15) is 16.1 Å². The third kappa shape index (κ3) is 3.18. The van der Waals surface area contributed by atoms with Crippen LogP contribution >= 0.6 is 0 Å². The number of carbonyl (C=O) groups is 1. The lowest BCUT2D eigenvalue weighted by Crippen LogP contribution is -2.25. The van der Waals surface area contributed by atoms with E-state index in [2.05, 4.69) is 10.4 Å². The number of para-hydroxylation sites is 2. The smallest absolute Gasteiger partial charge is 0.276 e. The largest absolute Gasteiger partial charge is 0.320 e. The Morgan fingerprint density at radius 1 is 0.957 bits per heavy atom. The van der Waals surface area contributed by atoms with Gasteiger partial charge in [-0.3, -0.25) is 9.59 Å². The average Bonchev–Trinajstić information content (AvgIpc) is 2.58. The summed E-state index contributed by atoms with van der Waals surface area (Å²) in [6.45, 7) is 1.91. The van der Waals surface area contributed by atoms with Gasteiger partial charge in [-0.1, -0.05) is 36.4 Å². The lowest BCUT2D eigenvalue weighted by atomic mass is 10.2. The van der Waals surface area contributed by atoms with E-state index in [1.807, 2.05) is 49.4 Å². The van der Waals surface area contributed by atoms with Crippen LogP contribution in [0.3, 0.4) is 0 Å². The quantitative estimate of drug-likeness (QED) is 0.809.